The molecule has 0 bridgehead atoms. The van der Waals surface area contributed by atoms with Crippen LogP contribution in [0, 0.1) is 6.92 Å². The minimum Gasteiger partial charge on any atom is -0.327 e. The lowest BCUT2D eigenvalue weighted by atomic mass is 10.2. The number of para-hydroxylation sites is 1. The van der Waals surface area contributed by atoms with Gasteiger partial charge in [-0.15, -0.1) is 5.10 Å². The standard InChI is InChI=1S/C17H17N3O2S/c1-13-7-10-15(11-8-13)23(21,22)19-18-17-12-9-14-5-3-4-6-16(14)20(17)2/h3-12,19H,1-2H3/b18-17-. The zero-order chi connectivity index (χ0) is 16.4. The smallest absolute Gasteiger partial charge is 0.276 e. The van der Waals surface area contributed by atoms with Crippen LogP contribution in [0.1, 0.15) is 5.56 Å². The Balaban J connectivity index is 1.99. The molecule has 3 rings (SSSR count). The number of fused-ring (bicyclic) bond motifs is 1. The molecule has 0 amide bonds. The van der Waals surface area contributed by atoms with Crippen molar-refractivity contribution in [3.05, 3.63) is 71.7 Å². The van der Waals surface area contributed by atoms with Crippen molar-refractivity contribution >= 4 is 20.9 Å². The Hall–Kier alpha value is -2.60. The number of benzene rings is 2. The molecule has 0 atom stereocenters. The van der Waals surface area contributed by atoms with Gasteiger partial charge in [-0.2, -0.15) is 13.2 Å². The number of nitrogens with zero attached hydrogens (tertiary/aromatic N) is 2. The molecule has 0 aliphatic carbocycles. The maximum Gasteiger partial charge on any atom is 0.276 e. The number of rotatable bonds is 3. The first kappa shape index (κ1) is 15.3. The summed E-state index contributed by atoms with van der Waals surface area (Å²) < 4.78 is 26.4. The van der Waals surface area contributed by atoms with Crippen LogP contribution in [0.15, 0.2) is 70.7 Å². The molecule has 3 aromatic rings. The van der Waals surface area contributed by atoms with Crippen LogP contribution in [0.4, 0.5) is 0 Å². The molecule has 23 heavy (non-hydrogen) atoms. The minimum absolute atomic E-state index is 0.190. The molecule has 5 nitrogen and oxygen atoms in total. The summed E-state index contributed by atoms with van der Waals surface area (Å²) >= 11 is 0. The van der Waals surface area contributed by atoms with E-state index < -0.39 is 10.0 Å². The predicted molar refractivity (Wildman–Crippen MR) is 90.0 cm³/mol. The average molecular weight is 327 g/mol. The van der Waals surface area contributed by atoms with E-state index in [0.29, 0.717) is 5.49 Å². The fourth-order valence-electron chi connectivity index (χ4n) is 2.32. The van der Waals surface area contributed by atoms with Gasteiger partial charge in [0, 0.05) is 12.6 Å². The fraction of sp³-hybridized carbons (Fsp3) is 0.118. The lowest BCUT2D eigenvalue weighted by molar-refractivity contribution is 0.582. The van der Waals surface area contributed by atoms with Crippen LogP contribution in [0.5, 0.6) is 0 Å². The second-order valence-electron chi connectivity index (χ2n) is 5.33. The third-order valence-corrected chi connectivity index (χ3v) is 4.89. The second kappa shape index (κ2) is 5.89. The molecule has 0 radical (unpaired) electrons. The predicted octanol–water partition coefficient (Wildman–Crippen LogP) is 2.28. The van der Waals surface area contributed by atoms with Gasteiger partial charge in [0.05, 0.1) is 4.90 Å². The zero-order valence-corrected chi connectivity index (χ0v) is 13.7. The number of sulfonamides is 1. The van der Waals surface area contributed by atoms with Gasteiger partial charge in [-0.3, -0.25) is 0 Å². The summed E-state index contributed by atoms with van der Waals surface area (Å²) in [6, 6.07) is 18.2. The monoisotopic (exact) mass is 327 g/mol. The first-order valence-corrected chi connectivity index (χ1v) is 8.63. The third kappa shape index (κ3) is 3.12. The number of hydrogen-bond donors (Lipinski definition) is 1. The molecule has 0 unspecified atom stereocenters. The van der Waals surface area contributed by atoms with Crippen molar-refractivity contribution in [2.75, 3.05) is 0 Å². The van der Waals surface area contributed by atoms with Crippen molar-refractivity contribution < 1.29 is 8.42 Å². The quantitative estimate of drug-likeness (QED) is 0.750. The average Bonchev–Trinajstić information content (AvgIpc) is 2.55. The Morgan fingerprint density at radius 3 is 2.39 bits per heavy atom. The van der Waals surface area contributed by atoms with E-state index in [2.05, 4.69) is 9.93 Å². The van der Waals surface area contributed by atoms with E-state index in [1.807, 2.05) is 48.9 Å². The van der Waals surface area contributed by atoms with E-state index in [1.54, 1.807) is 30.3 Å². The van der Waals surface area contributed by atoms with E-state index in [1.165, 1.54) is 0 Å². The lowest BCUT2D eigenvalue weighted by Gasteiger charge is -2.07. The SMILES string of the molecule is Cc1ccc(S(=O)(=O)N/N=c2/ccc3ccccc3n2C)cc1. The molecule has 1 N–H and O–H groups in total. The van der Waals surface area contributed by atoms with E-state index in [9.17, 15) is 8.42 Å². The van der Waals surface area contributed by atoms with Gasteiger partial charge in [0.2, 0.25) is 0 Å². The fourth-order valence-corrected chi connectivity index (χ4v) is 3.14. The normalized spacial score (nSPS) is 12.5. The van der Waals surface area contributed by atoms with Crippen molar-refractivity contribution in [1.29, 1.82) is 0 Å². The summed E-state index contributed by atoms with van der Waals surface area (Å²) in [6.07, 6.45) is 0. The van der Waals surface area contributed by atoms with Crippen LogP contribution >= 0.6 is 0 Å². The molecule has 118 valence electrons. The van der Waals surface area contributed by atoms with Crippen molar-refractivity contribution in [3.8, 4) is 0 Å². The summed E-state index contributed by atoms with van der Waals surface area (Å²) in [5.74, 6) is 0. The second-order valence-corrected chi connectivity index (χ2v) is 6.99. The maximum atomic E-state index is 12.3. The highest BCUT2D eigenvalue weighted by Gasteiger charge is 2.12. The largest absolute Gasteiger partial charge is 0.327 e. The molecule has 6 heteroatoms. The summed E-state index contributed by atoms with van der Waals surface area (Å²) in [6.45, 7) is 1.91. The number of hydrogen-bond acceptors (Lipinski definition) is 3. The molecule has 0 spiro atoms. The molecule has 0 aliphatic rings. The van der Waals surface area contributed by atoms with Crippen LogP contribution in [-0.4, -0.2) is 13.0 Å². The van der Waals surface area contributed by atoms with Crippen LogP contribution < -0.4 is 10.3 Å². The molecule has 0 aliphatic heterocycles. The van der Waals surface area contributed by atoms with Crippen LogP contribution in [0.2, 0.25) is 0 Å². The van der Waals surface area contributed by atoms with Gasteiger partial charge < -0.3 is 4.57 Å². The van der Waals surface area contributed by atoms with Crippen molar-refractivity contribution in [3.63, 3.8) is 0 Å². The lowest BCUT2D eigenvalue weighted by Crippen LogP contribution is -2.26. The Labute approximate surface area is 135 Å². The highest BCUT2D eigenvalue weighted by molar-refractivity contribution is 7.89. The van der Waals surface area contributed by atoms with E-state index in [4.69, 9.17) is 0 Å². The van der Waals surface area contributed by atoms with E-state index in [0.717, 1.165) is 16.5 Å². The van der Waals surface area contributed by atoms with Gasteiger partial charge >= 0.3 is 0 Å². The van der Waals surface area contributed by atoms with Gasteiger partial charge in [0.25, 0.3) is 10.0 Å². The molecule has 2 aromatic carbocycles. The molecule has 0 fully saturated rings. The Bertz CT molecular complexity index is 1020. The highest BCUT2D eigenvalue weighted by atomic mass is 32.2. The zero-order valence-electron chi connectivity index (χ0n) is 12.9. The first-order valence-electron chi connectivity index (χ1n) is 7.14. The van der Waals surface area contributed by atoms with Crippen molar-refractivity contribution in [2.45, 2.75) is 11.8 Å². The number of nitrogens with one attached hydrogen (secondary N) is 1. The number of aromatic nitrogens is 1. The molecule has 1 aromatic heterocycles. The van der Waals surface area contributed by atoms with E-state index in [-0.39, 0.29) is 4.90 Å². The minimum atomic E-state index is -3.68. The van der Waals surface area contributed by atoms with Crippen LogP contribution in [0.3, 0.4) is 0 Å². The topological polar surface area (TPSA) is 63.5 Å². The molecule has 0 saturated heterocycles. The first-order chi connectivity index (χ1) is 11.0. The van der Waals surface area contributed by atoms with Gasteiger partial charge in [0.15, 0.2) is 5.49 Å². The van der Waals surface area contributed by atoms with Gasteiger partial charge in [0.1, 0.15) is 0 Å². The summed E-state index contributed by atoms with van der Waals surface area (Å²) in [5, 5.41) is 5.12. The summed E-state index contributed by atoms with van der Waals surface area (Å²) in [4.78, 5) is 2.48. The van der Waals surface area contributed by atoms with Gasteiger partial charge in [-0.1, -0.05) is 35.9 Å². The Morgan fingerprint density at radius 1 is 0.957 bits per heavy atom. The molecule has 1 heterocycles. The van der Waals surface area contributed by atoms with Gasteiger partial charge in [-0.05, 0) is 42.6 Å². The van der Waals surface area contributed by atoms with E-state index >= 15 is 0 Å². The van der Waals surface area contributed by atoms with Crippen molar-refractivity contribution in [1.82, 2.24) is 9.40 Å². The van der Waals surface area contributed by atoms with Crippen molar-refractivity contribution in [2.24, 2.45) is 12.1 Å². The molecular formula is C17H17N3O2S. The summed E-state index contributed by atoms with van der Waals surface area (Å²) in [5.41, 5.74) is 2.50. The third-order valence-electron chi connectivity index (χ3n) is 3.67. The summed E-state index contributed by atoms with van der Waals surface area (Å²) in [7, 11) is -1.83. The number of aryl methyl sites for hydroxylation is 2. The molecular weight excluding hydrogens is 310 g/mol. The maximum absolute atomic E-state index is 12.3. The Morgan fingerprint density at radius 2 is 1.65 bits per heavy atom. The van der Waals surface area contributed by atoms with Crippen LogP contribution in [-0.2, 0) is 17.1 Å². The highest BCUT2D eigenvalue weighted by Crippen LogP contribution is 2.10. The Kier molecular flexibility index (Phi) is 3.92. The van der Waals surface area contributed by atoms with Crippen LogP contribution in [0.25, 0.3) is 10.9 Å². The van der Waals surface area contributed by atoms with Gasteiger partial charge in [-0.25, -0.2) is 0 Å². The number of pyridine rings is 1. The molecule has 0 saturated carbocycles.